The lowest BCUT2D eigenvalue weighted by Gasteiger charge is -2.38. The third-order valence-corrected chi connectivity index (χ3v) is 4.17. The number of piperidine rings is 1. The molecule has 106 valence electrons. The van der Waals surface area contributed by atoms with Crippen molar-refractivity contribution in [2.75, 3.05) is 24.5 Å². The van der Waals surface area contributed by atoms with Gasteiger partial charge in [0.2, 0.25) is 0 Å². The highest BCUT2D eigenvalue weighted by atomic mass is 16.1. The van der Waals surface area contributed by atoms with Crippen LogP contribution in [0.3, 0.4) is 0 Å². The van der Waals surface area contributed by atoms with E-state index in [0.717, 1.165) is 31.6 Å². The zero-order valence-corrected chi connectivity index (χ0v) is 12.1. The smallest absolute Gasteiger partial charge is 0.291 e. The normalized spacial score (nSPS) is 18.9. The molecule has 0 amide bonds. The lowest BCUT2D eigenvalue weighted by molar-refractivity contribution is 0.257. The average Bonchev–Trinajstić information content (AvgIpc) is 2.40. The fraction of sp³-hybridized carbons (Fsp3) is 0.714. The molecule has 0 saturated carbocycles. The van der Waals surface area contributed by atoms with E-state index in [1.165, 1.54) is 0 Å². The highest BCUT2D eigenvalue weighted by molar-refractivity contribution is 5.37. The molecule has 0 aliphatic carbocycles. The minimum Gasteiger partial charge on any atom is -0.352 e. The second-order valence-electron chi connectivity index (χ2n) is 6.15. The molecular weight excluding hydrogens is 240 g/mol. The van der Waals surface area contributed by atoms with Gasteiger partial charge < -0.3 is 15.6 Å². The number of anilines is 1. The molecule has 1 aromatic heterocycles. The number of rotatable bonds is 3. The van der Waals surface area contributed by atoms with E-state index in [2.05, 4.69) is 21.8 Å². The van der Waals surface area contributed by atoms with E-state index in [-0.39, 0.29) is 16.9 Å². The first-order chi connectivity index (χ1) is 8.95. The Morgan fingerprint density at radius 2 is 2.11 bits per heavy atom. The van der Waals surface area contributed by atoms with Crippen LogP contribution in [0.1, 0.15) is 45.2 Å². The largest absolute Gasteiger partial charge is 0.352 e. The van der Waals surface area contributed by atoms with Gasteiger partial charge in [0.05, 0.1) is 0 Å². The first kappa shape index (κ1) is 14.1. The second-order valence-corrected chi connectivity index (χ2v) is 6.15. The van der Waals surface area contributed by atoms with Crippen LogP contribution in [0.25, 0.3) is 0 Å². The van der Waals surface area contributed by atoms with Gasteiger partial charge in [0.1, 0.15) is 0 Å². The van der Waals surface area contributed by atoms with E-state index < -0.39 is 0 Å². The molecule has 5 nitrogen and oxygen atoms in total. The fourth-order valence-corrected chi connectivity index (χ4v) is 2.39. The standard InChI is InChI=1S/C14H24N4O/c1-10(2)11-8-16-12(13(19)17-11)18-6-4-14(3,9-15)5-7-18/h8,10H,4-7,9,15H2,1-3H3,(H,17,19). The van der Waals surface area contributed by atoms with Gasteiger partial charge in [-0.1, -0.05) is 20.8 Å². The van der Waals surface area contributed by atoms with Gasteiger partial charge in [-0.05, 0) is 30.7 Å². The van der Waals surface area contributed by atoms with Crippen LogP contribution < -0.4 is 16.2 Å². The summed E-state index contributed by atoms with van der Waals surface area (Å²) in [6, 6.07) is 0. The minimum absolute atomic E-state index is 0.0810. The van der Waals surface area contributed by atoms with Crippen molar-refractivity contribution in [2.45, 2.75) is 39.5 Å². The predicted octanol–water partition coefficient (Wildman–Crippen LogP) is 1.46. The Balaban J connectivity index is 2.14. The van der Waals surface area contributed by atoms with Crippen molar-refractivity contribution in [2.24, 2.45) is 11.1 Å². The number of hydrogen-bond donors (Lipinski definition) is 2. The predicted molar refractivity (Wildman–Crippen MR) is 77.6 cm³/mol. The molecule has 1 aromatic rings. The molecule has 0 atom stereocenters. The summed E-state index contributed by atoms with van der Waals surface area (Å²) in [7, 11) is 0. The average molecular weight is 264 g/mol. The molecule has 2 heterocycles. The number of aromatic nitrogens is 2. The van der Waals surface area contributed by atoms with Gasteiger partial charge in [-0.2, -0.15) is 0 Å². The summed E-state index contributed by atoms with van der Waals surface area (Å²) in [6.07, 6.45) is 3.80. The van der Waals surface area contributed by atoms with Crippen molar-refractivity contribution < 1.29 is 0 Å². The Hall–Kier alpha value is -1.36. The lowest BCUT2D eigenvalue weighted by Crippen LogP contribution is -2.44. The monoisotopic (exact) mass is 264 g/mol. The Kier molecular flexibility index (Phi) is 3.94. The van der Waals surface area contributed by atoms with Gasteiger partial charge in [-0.25, -0.2) is 4.98 Å². The number of aromatic amines is 1. The number of nitrogens with zero attached hydrogens (tertiary/aromatic N) is 2. The van der Waals surface area contributed by atoms with Crippen LogP contribution in [0.4, 0.5) is 5.82 Å². The molecule has 0 spiro atoms. The third-order valence-electron chi connectivity index (χ3n) is 4.17. The van der Waals surface area contributed by atoms with E-state index in [9.17, 15) is 4.79 Å². The van der Waals surface area contributed by atoms with E-state index in [0.29, 0.717) is 12.4 Å². The molecule has 0 radical (unpaired) electrons. The number of hydrogen-bond acceptors (Lipinski definition) is 4. The summed E-state index contributed by atoms with van der Waals surface area (Å²) in [6.45, 7) is 8.71. The van der Waals surface area contributed by atoms with Gasteiger partial charge in [-0.15, -0.1) is 0 Å². The van der Waals surface area contributed by atoms with Crippen molar-refractivity contribution in [3.05, 3.63) is 22.2 Å². The fourth-order valence-electron chi connectivity index (χ4n) is 2.39. The molecule has 19 heavy (non-hydrogen) atoms. The number of nitrogens with one attached hydrogen (secondary N) is 1. The third kappa shape index (κ3) is 2.97. The summed E-state index contributed by atoms with van der Waals surface area (Å²) in [4.78, 5) is 21.4. The Morgan fingerprint density at radius 1 is 1.47 bits per heavy atom. The first-order valence-corrected chi connectivity index (χ1v) is 6.99. The van der Waals surface area contributed by atoms with Crippen molar-refractivity contribution in [3.63, 3.8) is 0 Å². The highest BCUT2D eigenvalue weighted by Crippen LogP contribution is 2.30. The molecule has 5 heteroatoms. The van der Waals surface area contributed by atoms with Gasteiger partial charge in [0.15, 0.2) is 5.82 Å². The van der Waals surface area contributed by atoms with Crippen LogP contribution in [0.5, 0.6) is 0 Å². The van der Waals surface area contributed by atoms with E-state index in [1.54, 1.807) is 6.20 Å². The van der Waals surface area contributed by atoms with Crippen molar-refractivity contribution in [1.82, 2.24) is 9.97 Å². The van der Waals surface area contributed by atoms with Gasteiger partial charge in [0, 0.05) is 25.0 Å². The summed E-state index contributed by atoms with van der Waals surface area (Å²) in [5.74, 6) is 0.833. The van der Waals surface area contributed by atoms with Crippen molar-refractivity contribution in [1.29, 1.82) is 0 Å². The molecular formula is C14H24N4O. The van der Waals surface area contributed by atoms with E-state index in [1.807, 2.05) is 13.8 Å². The van der Waals surface area contributed by atoms with E-state index >= 15 is 0 Å². The summed E-state index contributed by atoms with van der Waals surface area (Å²) < 4.78 is 0. The highest BCUT2D eigenvalue weighted by Gasteiger charge is 2.30. The molecule has 1 saturated heterocycles. The summed E-state index contributed by atoms with van der Waals surface area (Å²) in [5.41, 5.74) is 6.82. The number of nitrogens with two attached hydrogens (primary N) is 1. The SMILES string of the molecule is CC(C)c1cnc(N2CCC(C)(CN)CC2)c(=O)[nH]1. The van der Waals surface area contributed by atoms with Crippen LogP contribution in [-0.4, -0.2) is 29.6 Å². The molecule has 0 aromatic carbocycles. The van der Waals surface area contributed by atoms with Crippen LogP contribution in [0.15, 0.2) is 11.0 Å². The maximum Gasteiger partial charge on any atom is 0.291 e. The van der Waals surface area contributed by atoms with Gasteiger partial charge in [0.25, 0.3) is 5.56 Å². The van der Waals surface area contributed by atoms with Crippen LogP contribution >= 0.6 is 0 Å². The van der Waals surface area contributed by atoms with Crippen molar-refractivity contribution >= 4 is 5.82 Å². The lowest BCUT2D eigenvalue weighted by atomic mass is 9.80. The zero-order chi connectivity index (χ0) is 14.0. The molecule has 1 aliphatic rings. The maximum atomic E-state index is 12.1. The zero-order valence-electron chi connectivity index (χ0n) is 12.1. The van der Waals surface area contributed by atoms with Gasteiger partial charge >= 0.3 is 0 Å². The molecule has 1 aliphatic heterocycles. The van der Waals surface area contributed by atoms with Crippen LogP contribution in [0.2, 0.25) is 0 Å². The minimum atomic E-state index is -0.0810. The first-order valence-electron chi connectivity index (χ1n) is 6.99. The second kappa shape index (κ2) is 5.33. The summed E-state index contributed by atoms with van der Waals surface area (Å²) >= 11 is 0. The van der Waals surface area contributed by atoms with Crippen LogP contribution in [0, 0.1) is 5.41 Å². The Morgan fingerprint density at radius 3 is 2.58 bits per heavy atom. The Bertz CT molecular complexity index is 486. The molecule has 1 fully saturated rings. The molecule has 0 bridgehead atoms. The topological polar surface area (TPSA) is 75.0 Å². The van der Waals surface area contributed by atoms with E-state index in [4.69, 9.17) is 5.73 Å². The van der Waals surface area contributed by atoms with Gasteiger partial charge in [-0.3, -0.25) is 4.79 Å². The molecule has 0 unspecified atom stereocenters. The number of H-pyrrole nitrogens is 1. The van der Waals surface area contributed by atoms with Crippen molar-refractivity contribution in [3.8, 4) is 0 Å². The Labute approximate surface area is 114 Å². The summed E-state index contributed by atoms with van der Waals surface area (Å²) in [5, 5.41) is 0. The molecule has 2 rings (SSSR count). The van der Waals surface area contributed by atoms with Crippen LogP contribution in [-0.2, 0) is 0 Å². The molecule has 3 N–H and O–H groups in total. The quantitative estimate of drug-likeness (QED) is 0.866. The maximum absolute atomic E-state index is 12.1.